The third kappa shape index (κ3) is 5.00. The normalized spacial score (nSPS) is 15.3. The topological polar surface area (TPSA) is 57.8 Å². The van der Waals surface area contributed by atoms with Gasteiger partial charge < -0.3 is 10.2 Å². The molecule has 2 aliphatic rings. The van der Waals surface area contributed by atoms with Crippen LogP contribution in [0.25, 0.3) is 5.69 Å². The first-order valence-electron chi connectivity index (χ1n) is 15.7. The number of anilines is 2. The summed E-state index contributed by atoms with van der Waals surface area (Å²) < 4.78 is 1.98. The fourth-order valence-corrected chi connectivity index (χ4v) is 6.20. The number of nitrogens with one attached hydrogen (secondary N) is 1. The van der Waals surface area contributed by atoms with Crippen molar-refractivity contribution in [3.05, 3.63) is 131 Å². The van der Waals surface area contributed by atoms with Crippen molar-refractivity contribution in [2.24, 2.45) is 9.98 Å². The van der Waals surface area contributed by atoms with Gasteiger partial charge in [-0.2, -0.15) is 5.10 Å². The minimum absolute atomic E-state index is 0.138. The van der Waals surface area contributed by atoms with Crippen LogP contribution in [0.4, 0.5) is 22.9 Å². The Hall–Kier alpha value is -4.97. The summed E-state index contributed by atoms with van der Waals surface area (Å²) in [6.45, 7) is 8.79. The summed E-state index contributed by atoms with van der Waals surface area (Å²) in [4.78, 5) is 12.9. The quantitative estimate of drug-likeness (QED) is 0.209. The van der Waals surface area contributed by atoms with E-state index in [0.29, 0.717) is 5.92 Å². The van der Waals surface area contributed by atoms with Gasteiger partial charge in [-0.25, -0.2) is 14.7 Å². The Balaban J connectivity index is 1.41. The molecule has 6 heteroatoms. The Morgan fingerprint density at radius 2 is 1.55 bits per heavy atom. The number of hydrogen-bond acceptors (Lipinski definition) is 5. The number of rotatable bonds is 7. The summed E-state index contributed by atoms with van der Waals surface area (Å²) >= 11 is 0. The number of amidine groups is 2. The predicted molar refractivity (Wildman–Crippen MR) is 182 cm³/mol. The van der Waals surface area contributed by atoms with Crippen molar-refractivity contribution in [3.8, 4) is 5.69 Å². The summed E-state index contributed by atoms with van der Waals surface area (Å²) in [5.41, 5.74) is 9.83. The van der Waals surface area contributed by atoms with E-state index < -0.39 is 0 Å². The minimum atomic E-state index is -0.138. The lowest BCUT2D eigenvalue weighted by Gasteiger charge is -2.40. The van der Waals surface area contributed by atoms with Gasteiger partial charge in [0.15, 0.2) is 17.5 Å². The molecule has 0 aliphatic carbocycles. The Morgan fingerprint density at radius 3 is 2.27 bits per heavy atom. The van der Waals surface area contributed by atoms with Gasteiger partial charge in [-0.15, -0.1) is 0 Å². The molecular weight excluding hydrogens is 540 g/mol. The van der Waals surface area contributed by atoms with E-state index in [-0.39, 0.29) is 6.04 Å². The number of nitrogens with zero attached hydrogens (tertiary/aromatic N) is 5. The third-order valence-corrected chi connectivity index (χ3v) is 8.59. The molecule has 1 atom stereocenters. The molecule has 220 valence electrons. The molecule has 7 rings (SSSR count). The van der Waals surface area contributed by atoms with Crippen LogP contribution in [0, 0.1) is 6.92 Å². The molecule has 0 bridgehead atoms. The molecule has 0 spiro atoms. The number of aryl methyl sites for hydroxylation is 2. The van der Waals surface area contributed by atoms with Crippen molar-refractivity contribution in [3.63, 3.8) is 0 Å². The molecule has 1 N–H and O–H groups in total. The van der Waals surface area contributed by atoms with Gasteiger partial charge in [-0.1, -0.05) is 93.9 Å². The second kappa shape index (κ2) is 11.6. The van der Waals surface area contributed by atoms with Crippen LogP contribution < -0.4 is 10.2 Å². The van der Waals surface area contributed by atoms with Gasteiger partial charge in [-0.3, -0.25) is 0 Å². The lowest BCUT2D eigenvalue weighted by atomic mass is 9.91. The molecule has 0 unspecified atom stereocenters. The highest BCUT2D eigenvalue weighted by molar-refractivity contribution is 6.51. The van der Waals surface area contributed by atoms with Crippen LogP contribution in [0.2, 0.25) is 0 Å². The molecule has 5 aromatic rings. The lowest BCUT2D eigenvalue weighted by Crippen LogP contribution is -2.46. The lowest BCUT2D eigenvalue weighted by molar-refractivity contribution is 0.795. The van der Waals surface area contributed by atoms with Crippen LogP contribution in [0.3, 0.4) is 0 Å². The molecule has 4 aromatic carbocycles. The molecule has 0 fully saturated rings. The molecule has 6 nitrogen and oxygen atoms in total. The average molecular weight is 579 g/mol. The molecule has 0 saturated carbocycles. The summed E-state index contributed by atoms with van der Waals surface area (Å²) in [6.07, 6.45) is 3.47. The van der Waals surface area contributed by atoms with Crippen molar-refractivity contribution in [2.75, 3.05) is 10.2 Å². The molecule has 0 amide bonds. The van der Waals surface area contributed by atoms with Crippen molar-refractivity contribution < 1.29 is 0 Å². The zero-order valence-electron chi connectivity index (χ0n) is 25.8. The van der Waals surface area contributed by atoms with E-state index in [1.165, 1.54) is 29.5 Å². The van der Waals surface area contributed by atoms with E-state index >= 15 is 0 Å². The highest BCUT2D eigenvalue weighted by atomic mass is 15.4. The molecule has 44 heavy (non-hydrogen) atoms. The van der Waals surface area contributed by atoms with Crippen molar-refractivity contribution in [1.82, 2.24) is 9.78 Å². The Labute approximate surface area is 259 Å². The second-order valence-corrected chi connectivity index (χ2v) is 12.0. The summed E-state index contributed by atoms with van der Waals surface area (Å²) in [6, 6.07) is 36.2. The van der Waals surface area contributed by atoms with Gasteiger partial charge in [-0.05, 0) is 78.8 Å². The summed E-state index contributed by atoms with van der Waals surface area (Å²) in [5, 5.41) is 8.71. The van der Waals surface area contributed by atoms with Crippen LogP contribution in [0.15, 0.2) is 113 Å². The zero-order valence-corrected chi connectivity index (χ0v) is 25.8. The largest absolute Gasteiger partial charge is 0.337 e. The maximum atomic E-state index is 5.37. The number of fused-ring (bicyclic) bond motifs is 4. The first-order chi connectivity index (χ1) is 21.5. The minimum Gasteiger partial charge on any atom is -0.337 e. The molecule has 3 heterocycles. The smallest absolute Gasteiger partial charge is 0.179 e. The first-order valence-corrected chi connectivity index (χ1v) is 15.7. The van der Waals surface area contributed by atoms with Crippen LogP contribution in [0.1, 0.15) is 73.5 Å². The van der Waals surface area contributed by atoms with Gasteiger partial charge in [0.2, 0.25) is 0 Å². The van der Waals surface area contributed by atoms with Crippen molar-refractivity contribution in [2.45, 2.75) is 58.9 Å². The summed E-state index contributed by atoms with van der Waals surface area (Å²) in [5.74, 6) is 2.79. The predicted octanol–water partition coefficient (Wildman–Crippen LogP) is 9.44. The van der Waals surface area contributed by atoms with Gasteiger partial charge in [0.05, 0.1) is 28.8 Å². The fourth-order valence-electron chi connectivity index (χ4n) is 6.20. The van der Waals surface area contributed by atoms with E-state index in [1.807, 2.05) is 28.9 Å². The van der Waals surface area contributed by atoms with Gasteiger partial charge in [0.1, 0.15) is 0 Å². The number of para-hydroxylation sites is 3. The molecular formula is C38H38N6. The van der Waals surface area contributed by atoms with Gasteiger partial charge in [0.25, 0.3) is 0 Å². The Kier molecular flexibility index (Phi) is 7.34. The standard InChI is InChI=1S/C38H38N6/c1-5-6-12-27-17-23-30(24-18-27)39-36-38-41-37-34(26(4)42-44(37)31-13-8-7-9-14-31)35(29-21-19-28(20-22-29)25(2)3)43(38)33-16-11-10-15-32(33)40-36/h7-11,13-25,35H,5-6,12H2,1-4H3,(H,39,40)/t35-/m0/s1. The monoisotopic (exact) mass is 578 g/mol. The summed E-state index contributed by atoms with van der Waals surface area (Å²) in [7, 11) is 0. The fraction of sp³-hybridized carbons (Fsp3) is 0.237. The van der Waals surface area contributed by atoms with Crippen molar-refractivity contribution >= 4 is 34.6 Å². The van der Waals surface area contributed by atoms with Gasteiger partial charge >= 0.3 is 0 Å². The van der Waals surface area contributed by atoms with Crippen LogP contribution >= 0.6 is 0 Å². The third-order valence-electron chi connectivity index (χ3n) is 8.59. The van der Waals surface area contributed by atoms with E-state index in [9.17, 15) is 0 Å². The highest BCUT2D eigenvalue weighted by Gasteiger charge is 2.41. The second-order valence-electron chi connectivity index (χ2n) is 12.0. The SMILES string of the molecule is CCCCc1ccc(NC2=Nc3ccccc3N3C2=Nc2c(c(C)nn2-c2ccccc2)[C@@H]3c2ccc(C(C)C)cc2)cc1. The maximum Gasteiger partial charge on any atom is 0.179 e. The number of hydrogen-bond donors (Lipinski definition) is 1. The van der Waals surface area contributed by atoms with E-state index in [0.717, 1.165) is 57.9 Å². The Bertz CT molecular complexity index is 1850. The van der Waals surface area contributed by atoms with Crippen molar-refractivity contribution in [1.29, 1.82) is 0 Å². The highest BCUT2D eigenvalue weighted by Crippen LogP contribution is 2.48. The zero-order chi connectivity index (χ0) is 30.2. The van der Waals surface area contributed by atoms with Crippen LogP contribution in [-0.2, 0) is 6.42 Å². The van der Waals surface area contributed by atoms with E-state index in [4.69, 9.17) is 15.1 Å². The van der Waals surface area contributed by atoms with Crippen LogP contribution in [-0.4, -0.2) is 21.5 Å². The maximum absolute atomic E-state index is 5.37. The van der Waals surface area contributed by atoms with E-state index in [2.05, 4.69) is 117 Å². The number of unbranched alkanes of at least 4 members (excludes halogenated alkanes) is 1. The first kappa shape index (κ1) is 27.8. The molecule has 0 saturated heterocycles. The molecule has 2 aliphatic heterocycles. The molecule has 1 aromatic heterocycles. The number of aromatic nitrogens is 2. The number of benzene rings is 4. The average Bonchev–Trinajstić information content (AvgIpc) is 3.39. The van der Waals surface area contributed by atoms with Crippen LogP contribution in [0.5, 0.6) is 0 Å². The van der Waals surface area contributed by atoms with Gasteiger partial charge in [0, 0.05) is 11.3 Å². The number of aliphatic imine (C=N–C) groups is 2. The Morgan fingerprint density at radius 1 is 0.818 bits per heavy atom. The van der Waals surface area contributed by atoms with E-state index in [1.54, 1.807) is 0 Å². The molecule has 0 radical (unpaired) electrons.